The fraction of sp³-hybridized carbons (Fsp3) is 0.278. The maximum Gasteiger partial charge on any atom is 0.229 e. The molecule has 0 heterocycles. The summed E-state index contributed by atoms with van der Waals surface area (Å²) in [4.78, 5) is 11.0. The quantitative estimate of drug-likeness (QED) is 0.708. The molecule has 0 aliphatic carbocycles. The lowest BCUT2D eigenvalue weighted by Gasteiger charge is -2.15. The lowest BCUT2D eigenvalue weighted by atomic mass is 10.1. The Hall–Kier alpha value is -2.38. The van der Waals surface area contributed by atoms with E-state index in [2.05, 4.69) is 15.4 Å². The molecule has 0 aliphatic heterocycles. The minimum absolute atomic E-state index is 0.0895. The van der Waals surface area contributed by atoms with E-state index in [1.54, 1.807) is 12.1 Å². The van der Waals surface area contributed by atoms with Crippen LogP contribution in [0.2, 0.25) is 0 Å². The summed E-state index contributed by atoms with van der Waals surface area (Å²) in [5.41, 5.74) is 3.50. The molecule has 1 unspecified atom stereocenters. The number of nitrogens with one attached hydrogen (secondary N) is 3. The number of hydrogen-bond donors (Lipinski definition) is 3. The van der Waals surface area contributed by atoms with Crippen LogP contribution in [0.25, 0.3) is 0 Å². The van der Waals surface area contributed by atoms with Gasteiger partial charge in [0, 0.05) is 30.9 Å². The molecular weight excluding hydrogens is 338 g/mol. The van der Waals surface area contributed by atoms with Gasteiger partial charge in [-0.3, -0.25) is 9.52 Å². The van der Waals surface area contributed by atoms with Crippen molar-refractivity contribution < 1.29 is 13.2 Å². The van der Waals surface area contributed by atoms with Gasteiger partial charge in [-0.1, -0.05) is 24.3 Å². The van der Waals surface area contributed by atoms with Crippen molar-refractivity contribution in [2.75, 3.05) is 16.3 Å². The minimum Gasteiger partial charge on any atom is -0.326 e. The Morgan fingerprint density at radius 3 is 2.08 bits per heavy atom. The molecule has 134 valence electrons. The van der Waals surface area contributed by atoms with Crippen LogP contribution in [0.5, 0.6) is 0 Å². The summed E-state index contributed by atoms with van der Waals surface area (Å²) in [6.07, 6.45) is 1.13. The highest BCUT2D eigenvalue weighted by Gasteiger charge is 2.07. The van der Waals surface area contributed by atoms with Crippen LogP contribution < -0.4 is 15.4 Å². The zero-order valence-electron chi connectivity index (χ0n) is 14.5. The lowest BCUT2D eigenvalue weighted by Crippen LogP contribution is -2.18. The topological polar surface area (TPSA) is 87.3 Å². The average molecular weight is 361 g/mol. The van der Waals surface area contributed by atoms with Crippen molar-refractivity contribution in [2.24, 2.45) is 0 Å². The summed E-state index contributed by atoms with van der Waals surface area (Å²) in [5.74, 6) is -0.0895. The van der Waals surface area contributed by atoms with E-state index >= 15 is 0 Å². The van der Waals surface area contributed by atoms with Crippen molar-refractivity contribution >= 4 is 27.3 Å². The lowest BCUT2D eigenvalue weighted by molar-refractivity contribution is -0.114. The van der Waals surface area contributed by atoms with E-state index in [-0.39, 0.29) is 11.9 Å². The second kappa shape index (κ2) is 8.13. The van der Waals surface area contributed by atoms with Crippen LogP contribution in [-0.2, 0) is 21.4 Å². The van der Waals surface area contributed by atoms with Crippen LogP contribution in [0.4, 0.5) is 11.4 Å². The first kappa shape index (κ1) is 19.0. The molecule has 1 atom stereocenters. The second-order valence-electron chi connectivity index (χ2n) is 5.98. The Morgan fingerprint density at radius 1 is 1.00 bits per heavy atom. The molecule has 2 aromatic carbocycles. The Labute approximate surface area is 148 Å². The van der Waals surface area contributed by atoms with E-state index in [1.807, 2.05) is 43.3 Å². The van der Waals surface area contributed by atoms with Crippen LogP contribution in [0.15, 0.2) is 48.5 Å². The smallest absolute Gasteiger partial charge is 0.229 e. The molecule has 0 aliphatic rings. The number of anilines is 2. The van der Waals surface area contributed by atoms with E-state index in [1.165, 1.54) is 6.92 Å². The summed E-state index contributed by atoms with van der Waals surface area (Å²) in [5, 5.41) is 6.15. The number of rotatable bonds is 7. The van der Waals surface area contributed by atoms with E-state index in [0.29, 0.717) is 12.2 Å². The molecule has 0 spiro atoms. The van der Waals surface area contributed by atoms with Gasteiger partial charge < -0.3 is 10.6 Å². The average Bonchev–Trinajstić information content (AvgIpc) is 2.52. The van der Waals surface area contributed by atoms with E-state index in [4.69, 9.17) is 0 Å². The number of sulfonamides is 1. The predicted molar refractivity (Wildman–Crippen MR) is 101 cm³/mol. The molecule has 2 aromatic rings. The van der Waals surface area contributed by atoms with Crippen LogP contribution in [0.3, 0.4) is 0 Å². The molecule has 3 N–H and O–H groups in total. The van der Waals surface area contributed by atoms with Crippen molar-refractivity contribution in [3.63, 3.8) is 0 Å². The maximum atomic E-state index is 11.2. The minimum atomic E-state index is -3.26. The summed E-state index contributed by atoms with van der Waals surface area (Å²) in [7, 11) is -3.26. The zero-order valence-corrected chi connectivity index (χ0v) is 15.4. The van der Waals surface area contributed by atoms with Gasteiger partial charge in [-0.15, -0.1) is 0 Å². The molecule has 1 amide bonds. The third-order valence-corrected chi connectivity index (χ3v) is 4.21. The Morgan fingerprint density at radius 2 is 1.56 bits per heavy atom. The summed E-state index contributed by atoms with van der Waals surface area (Å²) >= 11 is 0. The molecule has 0 aromatic heterocycles. The maximum absolute atomic E-state index is 11.2. The van der Waals surface area contributed by atoms with Gasteiger partial charge in [-0.2, -0.15) is 0 Å². The summed E-state index contributed by atoms with van der Waals surface area (Å²) in [6.45, 7) is 4.21. The van der Waals surface area contributed by atoms with E-state index < -0.39 is 10.0 Å². The standard InChI is InChI=1S/C18H23N3O3S/c1-13(16-6-10-18(11-7-16)21-25(3,23)24)19-12-15-4-8-17(9-5-15)20-14(2)22/h4-11,13,19,21H,12H2,1-3H3,(H,20,22). The Balaban J connectivity index is 1.91. The highest BCUT2D eigenvalue weighted by atomic mass is 32.2. The van der Waals surface area contributed by atoms with Gasteiger partial charge in [0.05, 0.1) is 6.26 Å². The van der Waals surface area contributed by atoms with Crippen molar-refractivity contribution in [2.45, 2.75) is 26.4 Å². The van der Waals surface area contributed by atoms with Gasteiger partial charge in [0.1, 0.15) is 0 Å². The molecule has 2 rings (SSSR count). The van der Waals surface area contributed by atoms with Crippen LogP contribution in [0, 0.1) is 0 Å². The van der Waals surface area contributed by atoms with Crippen LogP contribution in [0.1, 0.15) is 31.0 Å². The van der Waals surface area contributed by atoms with Crippen molar-refractivity contribution in [3.8, 4) is 0 Å². The van der Waals surface area contributed by atoms with Crippen molar-refractivity contribution in [3.05, 3.63) is 59.7 Å². The van der Waals surface area contributed by atoms with Gasteiger partial charge in [0.25, 0.3) is 0 Å². The SMILES string of the molecule is CC(=O)Nc1ccc(CNC(C)c2ccc(NS(C)(=O)=O)cc2)cc1. The molecular formula is C18H23N3O3S. The normalized spacial score (nSPS) is 12.4. The molecule has 0 radical (unpaired) electrons. The molecule has 7 heteroatoms. The summed E-state index contributed by atoms with van der Waals surface area (Å²) in [6, 6.07) is 15.1. The van der Waals surface area contributed by atoms with Gasteiger partial charge in [0.2, 0.25) is 15.9 Å². The van der Waals surface area contributed by atoms with Gasteiger partial charge >= 0.3 is 0 Å². The fourth-order valence-corrected chi connectivity index (χ4v) is 2.92. The Kier molecular flexibility index (Phi) is 6.17. The fourth-order valence-electron chi connectivity index (χ4n) is 2.35. The predicted octanol–water partition coefficient (Wildman–Crippen LogP) is 2.87. The molecule has 6 nitrogen and oxygen atoms in total. The van der Waals surface area contributed by atoms with Crippen LogP contribution in [-0.4, -0.2) is 20.6 Å². The number of carbonyl (C=O) groups is 1. The zero-order chi connectivity index (χ0) is 18.4. The Bertz CT molecular complexity index is 816. The van der Waals surface area contributed by atoms with Gasteiger partial charge in [0.15, 0.2) is 0 Å². The highest BCUT2D eigenvalue weighted by molar-refractivity contribution is 7.92. The van der Waals surface area contributed by atoms with Gasteiger partial charge in [-0.05, 0) is 42.3 Å². The summed E-state index contributed by atoms with van der Waals surface area (Å²) < 4.78 is 24.9. The first-order chi connectivity index (χ1) is 11.7. The van der Waals surface area contributed by atoms with Crippen LogP contribution >= 0.6 is 0 Å². The number of carbonyl (C=O) groups excluding carboxylic acids is 1. The van der Waals surface area contributed by atoms with Gasteiger partial charge in [-0.25, -0.2) is 8.42 Å². The van der Waals surface area contributed by atoms with Crippen molar-refractivity contribution in [1.29, 1.82) is 0 Å². The number of amides is 1. The molecule has 0 saturated heterocycles. The van der Waals surface area contributed by atoms with E-state index in [9.17, 15) is 13.2 Å². The van der Waals surface area contributed by atoms with E-state index in [0.717, 1.165) is 23.1 Å². The van der Waals surface area contributed by atoms with Crippen molar-refractivity contribution in [1.82, 2.24) is 5.32 Å². The molecule has 0 fully saturated rings. The number of benzene rings is 2. The largest absolute Gasteiger partial charge is 0.326 e. The monoisotopic (exact) mass is 361 g/mol. The second-order valence-corrected chi connectivity index (χ2v) is 7.73. The molecule has 25 heavy (non-hydrogen) atoms. The first-order valence-electron chi connectivity index (χ1n) is 7.90. The number of hydrogen-bond acceptors (Lipinski definition) is 4. The highest BCUT2D eigenvalue weighted by Crippen LogP contribution is 2.17. The third kappa shape index (κ3) is 6.56. The first-order valence-corrected chi connectivity index (χ1v) is 9.80. The molecule has 0 saturated carbocycles. The third-order valence-electron chi connectivity index (χ3n) is 3.60. The molecule has 0 bridgehead atoms.